The lowest BCUT2D eigenvalue weighted by Crippen LogP contribution is -2.22. The summed E-state index contributed by atoms with van der Waals surface area (Å²) >= 11 is 0. The molecule has 1 aromatic heterocycles. The first-order chi connectivity index (χ1) is 9.72. The number of hydrogen-bond donors (Lipinski definition) is 3. The number of nitrogens with one attached hydrogen (secondary N) is 2. The zero-order valence-corrected chi connectivity index (χ0v) is 11.1. The molecule has 0 bridgehead atoms. The van der Waals surface area contributed by atoms with Crippen LogP contribution in [0, 0.1) is 5.92 Å². The Hall–Kier alpha value is -2.17. The molecule has 5 nitrogen and oxygen atoms in total. The SMILES string of the molecule is Nc1ccc2[nH]c(=O)c3c(c2c1)NC(C1CC1)CCO3. The molecular weight excluding hydrogens is 254 g/mol. The van der Waals surface area contributed by atoms with Crippen molar-refractivity contribution < 1.29 is 4.74 Å². The topological polar surface area (TPSA) is 80.1 Å². The van der Waals surface area contributed by atoms with E-state index in [9.17, 15) is 4.79 Å². The van der Waals surface area contributed by atoms with Crippen molar-refractivity contribution in [2.75, 3.05) is 17.7 Å². The lowest BCUT2D eigenvalue weighted by Gasteiger charge is -2.17. The molecule has 1 aliphatic carbocycles. The molecule has 1 atom stereocenters. The second kappa shape index (κ2) is 4.16. The van der Waals surface area contributed by atoms with Crippen LogP contribution < -0.4 is 21.3 Å². The van der Waals surface area contributed by atoms with Gasteiger partial charge in [-0.3, -0.25) is 4.79 Å². The van der Waals surface area contributed by atoms with Gasteiger partial charge >= 0.3 is 0 Å². The summed E-state index contributed by atoms with van der Waals surface area (Å²) in [6, 6.07) is 5.91. The first-order valence-corrected chi connectivity index (χ1v) is 7.07. The maximum absolute atomic E-state index is 12.2. The van der Waals surface area contributed by atoms with E-state index >= 15 is 0 Å². The third-order valence-corrected chi connectivity index (χ3v) is 4.19. The fourth-order valence-electron chi connectivity index (χ4n) is 2.97. The van der Waals surface area contributed by atoms with Crippen molar-refractivity contribution in [1.29, 1.82) is 0 Å². The van der Waals surface area contributed by atoms with Crippen molar-refractivity contribution in [3.05, 3.63) is 28.6 Å². The van der Waals surface area contributed by atoms with Crippen molar-refractivity contribution >= 4 is 22.3 Å². The number of aromatic amines is 1. The molecule has 0 amide bonds. The van der Waals surface area contributed by atoms with Gasteiger partial charge in [-0.15, -0.1) is 0 Å². The number of benzene rings is 1. The molecule has 1 aromatic carbocycles. The van der Waals surface area contributed by atoms with Crippen molar-refractivity contribution in [2.45, 2.75) is 25.3 Å². The van der Waals surface area contributed by atoms with Gasteiger partial charge in [-0.2, -0.15) is 0 Å². The summed E-state index contributed by atoms with van der Waals surface area (Å²) in [6.07, 6.45) is 3.45. The van der Waals surface area contributed by atoms with Crippen LogP contribution in [0.5, 0.6) is 5.75 Å². The monoisotopic (exact) mass is 271 g/mol. The first-order valence-electron chi connectivity index (χ1n) is 7.07. The molecule has 1 fully saturated rings. The Labute approximate surface area is 116 Å². The van der Waals surface area contributed by atoms with Gasteiger partial charge in [0.2, 0.25) is 5.75 Å². The Morgan fingerprint density at radius 3 is 2.90 bits per heavy atom. The summed E-state index contributed by atoms with van der Waals surface area (Å²) in [6.45, 7) is 0.581. The zero-order chi connectivity index (χ0) is 13.7. The summed E-state index contributed by atoms with van der Waals surface area (Å²) in [4.78, 5) is 15.0. The molecular formula is C15H17N3O2. The minimum Gasteiger partial charge on any atom is -0.486 e. The molecule has 0 spiro atoms. The number of rotatable bonds is 1. The molecule has 2 aliphatic rings. The Balaban J connectivity index is 1.93. The van der Waals surface area contributed by atoms with Gasteiger partial charge in [-0.25, -0.2) is 0 Å². The summed E-state index contributed by atoms with van der Waals surface area (Å²) in [7, 11) is 0. The number of nitrogens with two attached hydrogens (primary N) is 1. The normalized spacial score (nSPS) is 21.7. The van der Waals surface area contributed by atoms with Crippen LogP contribution in [0.3, 0.4) is 0 Å². The molecule has 4 N–H and O–H groups in total. The van der Waals surface area contributed by atoms with Crippen molar-refractivity contribution in [3.63, 3.8) is 0 Å². The van der Waals surface area contributed by atoms with E-state index in [-0.39, 0.29) is 5.56 Å². The minimum absolute atomic E-state index is 0.179. The van der Waals surface area contributed by atoms with Crippen molar-refractivity contribution in [2.24, 2.45) is 5.92 Å². The highest BCUT2D eigenvalue weighted by molar-refractivity contribution is 5.96. The van der Waals surface area contributed by atoms with E-state index in [2.05, 4.69) is 10.3 Å². The highest BCUT2D eigenvalue weighted by atomic mass is 16.5. The number of ether oxygens (including phenoxy) is 1. The summed E-state index contributed by atoms with van der Waals surface area (Å²) in [5.74, 6) is 1.10. The van der Waals surface area contributed by atoms with E-state index in [1.807, 2.05) is 12.1 Å². The van der Waals surface area contributed by atoms with Gasteiger partial charge < -0.3 is 20.8 Å². The van der Waals surface area contributed by atoms with Crippen LogP contribution >= 0.6 is 0 Å². The average Bonchev–Trinajstić information content (AvgIpc) is 3.25. The third kappa shape index (κ3) is 1.81. The highest BCUT2D eigenvalue weighted by Gasteiger charge is 2.33. The van der Waals surface area contributed by atoms with E-state index in [0.717, 1.165) is 23.0 Å². The standard InChI is InChI=1S/C15H17N3O2/c16-9-3-4-12-10(7-9)13-14(15(19)18-12)20-6-5-11(17-13)8-1-2-8/h3-4,7-8,11,17H,1-2,5-6,16H2,(H,18,19). The van der Waals surface area contributed by atoms with Crippen molar-refractivity contribution in [1.82, 2.24) is 4.98 Å². The number of nitrogen functional groups attached to an aromatic ring is 1. The Morgan fingerprint density at radius 2 is 2.10 bits per heavy atom. The fourth-order valence-corrected chi connectivity index (χ4v) is 2.97. The lowest BCUT2D eigenvalue weighted by atomic mass is 10.1. The smallest absolute Gasteiger partial charge is 0.292 e. The number of aromatic nitrogens is 1. The van der Waals surface area contributed by atoms with Crippen LogP contribution in [0.15, 0.2) is 23.0 Å². The Bertz CT molecular complexity index is 734. The largest absolute Gasteiger partial charge is 0.486 e. The molecule has 4 rings (SSSR count). The summed E-state index contributed by atoms with van der Waals surface area (Å²) in [5, 5.41) is 4.46. The molecule has 0 saturated heterocycles. The molecule has 2 heterocycles. The number of fused-ring (bicyclic) bond motifs is 3. The van der Waals surface area contributed by atoms with Gasteiger partial charge in [0.1, 0.15) is 0 Å². The summed E-state index contributed by atoms with van der Waals surface area (Å²) < 4.78 is 5.69. The van der Waals surface area contributed by atoms with Crippen LogP contribution in [0.2, 0.25) is 0 Å². The Morgan fingerprint density at radius 1 is 1.25 bits per heavy atom. The minimum atomic E-state index is -0.179. The van der Waals surface area contributed by atoms with Gasteiger partial charge in [0.25, 0.3) is 5.56 Å². The van der Waals surface area contributed by atoms with Crippen LogP contribution in [0.1, 0.15) is 19.3 Å². The van der Waals surface area contributed by atoms with Gasteiger partial charge in [0.05, 0.1) is 17.8 Å². The number of pyridine rings is 1. The zero-order valence-electron chi connectivity index (χ0n) is 11.1. The van der Waals surface area contributed by atoms with E-state index < -0.39 is 0 Å². The molecule has 5 heteroatoms. The molecule has 0 radical (unpaired) electrons. The second-order valence-electron chi connectivity index (χ2n) is 5.69. The first kappa shape index (κ1) is 11.6. The van der Waals surface area contributed by atoms with E-state index in [0.29, 0.717) is 30.0 Å². The summed E-state index contributed by atoms with van der Waals surface area (Å²) in [5.41, 5.74) is 7.97. The lowest BCUT2D eigenvalue weighted by molar-refractivity contribution is 0.304. The molecule has 1 unspecified atom stereocenters. The Kier molecular flexibility index (Phi) is 2.42. The van der Waals surface area contributed by atoms with E-state index in [1.54, 1.807) is 6.07 Å². The van der Waals surface area contributed by atoms with Gasteiger partial charge in [-0.1, -0.05) is 0 Å². The van der Waals surface area contributed by atoms with Crippen molar-refractivity contribution in [3.8, 4) is 5.75 Å². The molecule has 2 aromatic rings. The quantitative estimate of drug-likeness (QED) is 0.694. The van der Waals surface area contributed by atoms with E-state index in [4.69, 9.17) is 10.5 Å². The fraction of sp³-hybridized carbons (Fsp3) is 0.400. The number of anilines is 2. The van der Waals surface area contributed by atoms with Gasteiger partial charge in [-0.05, 0) is 37.0 Å². The number of hydrogen-bond acceptors (Lipinski definition) is 4. The van der Waals surface area contributed by atoms with E-state index in [1.165, 1.54) is 12.8 Å². The average molecular weight is 271 g/mol. The second-order valence-corrected chi connectivity index (χ2v) is 5.69. The van der Waals surface area contributed by atoms with Crippen LogP contribution in [-0.4, -0.2) is 17.6 Å². The van der Waals surface area contributed by atoms with Crippen LogP contribution in [0.4, 0.5) is 11.4 Å². The molecule has 1 aliphatic heterocycles. The third-order valence-electron chi connectivity index (χ3n) is 4.19. The molecule has 104 valence electrons. The van der Waals surface area contributed by atoms with Gasteiger partial charge in [0.15, 0.2) is 0 Å². The predicted molar refractivity (Wildman–Crippen MR) is 79.2 cm³/mol. The number of H-pyrrole nitrogens is 1. The highest BCUT2D eigenvalue weighted by Crippen LogP contribution is 2.40. The predicted octanol–water partition coefficient (Wildman–Crippen LogP) is 2.08. The van der Waals surface area contributed by atoms with Gasteiger partial charge in [0, 0.05) is 23.5 Å². The van der Waals surface area contributed by atoms with Crippen LogP contribution in [0.25, 0.3) is 10.9 Å². The molecule has 20 heavy (non-hydrogen) atoms. The molecule has 1 saturated carbocycles. The maximum Gasteiger partial charge on any atom is 0.292 e. The van der Waals surface area contributed by atoms with Crippen LogP contribution in [-0.2, 0) is 0 Å². The maximum atomic E-state index is 12.2.